The maximum absolute atomic E-state index is 14.5. The molecule has 0 aliphatic carbocycles. The van der Waals surface area contributed by atoms with Crippen LogP contribution in [0.5, 0.6) is 0 Å². The summed E-state index contributed by atoms with van der Waals surface area (Å²) < 4.78 is 21.8. The number of piperidine rings is 1. The Hall–Kier alpha value is -3.49. The van der Waals surface area contributed by atoms with Gasteiger partial charge in [-0.3, -0.25) is 9.59 Å². The van der Waals surface area contributed by atoms with Crippen LogP contribution in [0.4, 0.5) is 10.1 Å². The van der Waals surface area contributed by atoms with Crippen LogP contribution in [-0.4, -0.2) is 44.6 Å². The first-order valence-corrected chi connectivity index (χ1v) is 11.5. The van der Waals surface area contributed by atoms with Crippen LogP contribution in [0.1, 0.15) is 48.5 Å². The third kappa shape index (κ3) is 4.40. The molecule has 2 aliphatic heterocycles. The lowest BCUT2D eigenvalue weighted by Gasteiger charge is -2.30. The molecule has 0 bridgehead atoms. The quantitative estimate of drug-likeness (QED) is 0.650. The fourth-order valence-electron chi connectivity index (χ4n) is 4.59. The molecule has 9 heteroatoms. The zero-order chi connectivity index (χ0) is 22.8. The van der Waals surface area contributed by atoms with Crippen LogP contribution in [0, 0.1) is 11.7 Å². The monoisotopic (exact) mass is 451 g/mol. The topological polar surface area (TPSA) is 93.3 Å². The molecule has 2 aromatic heterocycles. The summed E-state index contributed by atoms with van der Waals surface area (Å²) in [6.07, 6.45) is 6.68. The van der Waals surface area contributed by atoms with Crippen molar-refractivity contribution >= 4 is 17.5 Å². The highest BCUT2D eigenvalue weighted by atomic mass is 19.1. The first kappa shape index (κ1) is 21.4. The molecule has 5 rings (SSSR count). The van der Waals surface area contributed by atoms with Crippen molar-refractivity contribution in [3.8, 4) is 11.4 Å². The summed E-state index contributed by atoms with van der Waals surface area (Å²) in [6.45, 7) is 1.74. The van der Waals surface area contributed by atoms with E-state index >= 15 is 0 Å². The first-order valence-electron chi connectivity index (χ1n) is 11.5. The Balaban J connectivity index is 1.26. The van der Waals surface area contributed by atoms with Gasteiger partial charge in [-0.2, -0.15) is 0 Å². The predicted molar refractivity (Wildman–Crippen MR) is 119 cm³/mol. The predicted octanol–water partition coefficient (Wildman–Crippen LogP) is 3.89. The lowest BCUT2D eigenvalue weighted by molar-refractivity contribution is -0.121. The maximum atomic E-state index is 14.5. The summed E-state index contributed by atoms with van der Waals surface area (Å²) in [5.74, 6) is 0.746. The van der Waals surface area contributed by atoms with E-state index in [4.69, 9.17) is 4.42 Å². The fourth-order valence-corrected chi connectivity index (χ4v) is 4.59. The van der Waals surface area contributed by atoms with Crippen LogP contribution in [0.2, 0.25) is 0 Å². The highest BCUT2D eigenvalue weighted by Crippen LogP contribution is 2.28. The number of nitrogens with one attached hydrogen (secondary N) is 1. The van der Waals surface area contributed by atoms with Crippen molar-refractivity contribution in [3.63, 3.8) is 0 Å². The summed E-state index contributed by atoms with van der Waals surface area (Å²) in [6, 6.07) is 7.96. The van der Waals surface area contributed by atoms with Gasteiger partial charge in [-0.05, 0) is 56.0 Å². The van der Waals surface area contributed by atoms with Gasteiger partial charge in [0.25, 0.3) is 5.91 Å². The van der Waals surface area contributed by atoms with Gasteiger partial charge in [0.1, 0.15) is 11.6 Å². The third-order valence-corrected chi connectivity index (χ3v) is 6.48. The minimum absolute atomic E-state index is 0.137. The number of aryl methyl sites for hydroxylation is 1. The molecule has 0 radical (unpaired) electrons. The molecule has 3 aromatic rings. The number of anilines is 1. The maximum Gasteiger partial charge on any atom is 0.289 e. The number of carbonyl (C=O) groups excluding carboxylic acids is 2. The molecule has 1 N–H and O–H groups in total. The molecule has 1 aromatic carbocycles. The molecule has 33 heavy (non-hydrogen) atoms. The number of halogens is 1. The van der Waals surface area contributed by atoms with Gasteiger partial charge >= 0.3 is 0 Å². The van der Waals surface area contributed by atoms with Gasteiger partial charge in [0.15, 0.2) is 11.6 Å². The average molecular weight is 452 g/mol. The highest BCUT2D eigenvalue weighted by molar-refractivity contribution is 5.94. The van der Waals surface area contributed by atoms with E-state index < -0.39 is 5.82 Å². The average Bonchev–Trinajstić information content (AvgIpc) is 3.46. The van der Waals surface area contributed by atoms with E-state index in [0.29, 0.717) is 37.5 Å². The Kier molecular flexibility index (Phi) is 5.93. The van der Waals surface area contributed by atoms with Crippen molar-refractivity contribution in [2.45, 2.75) is 45.1 Å². The standard InChI is InChI=1S/C24H26FN5O3/c25-18-8-7-17(22-28-27-21-6-2-1-3-11-30(21)22)15-19(18)26-23(31)16-9-12-29(13-10-16)24(32)20-5-4-14-33-20/h4-5,7-8,14-16H,1-3,6,9-13H2,(H,26,31). The zero-order valence-electron chi connectivity index (χ0n) is 18.3. The normalized spacial score (nSPS) is 16.8. The Morgan fingerprint density at radius 1 is 1.06 bits per heavy atom. The Morgan fingerprint density at radius 2 is 1.91 bits per heavy atom. The van der Waals surface area contributed by atoms with Crippen LogP contribution in [0.15, 0.2) is 41.0 Å². The van der Waals surface area contributed by atoms with E-state index in [1.165, 1.54) is 12.3 Å². The molecular formula is C24H26FN5O3. The fraction of sp³-hybridized carbons (Fsp3) is 0.417. The second-order valence-electron chi connectivity index (χ2n) is 8.63. The summed E-state index contributed by atoms with van der Waals surface area (Å²) in [5.41, 5.74) is 0.865. The number of amides is 2. The van der Waals surface area contributed by atoms with Gasteiger partial charge < -0.3 is 19.2 Å². The summed E-state index contributed by atoms with van der Waals surface area (Å²) in [4.78, 5) is 27.0. The lowest BCUT2D eigenvalue weighted by atomic mass is 9.95. The van der Waals surface area contributed by atoms with E-state index in [9.17, 15) is 14.0 Å². The van der Waals surface area contributed by atoms with Gasteiger partial charge in [-0.1, -0.05) is 6.42 Å². The molecule has 0 saturated carbocycles. The van der Waals surface area contributed by atoms with Crippen LogP contribution in [0.3, 0.4) is 0 Å². The first-order chi connectivity index (χ1) is 16.1. The second-order valence-corrected chi connectivity index (χ2v) is 8.63. The highest BCUT2D eigenvalue weighted by Gasteiger charge is 2.29. The molecule has 172 valence electrons. The molecule has 0 atom stereocenters. The number of rotatable bonds is 4. The van der Waals surface area contributed by atoms with Crippen LogP contribution in [-0.2, 0) is 17.8 Å². The van der Waals surface area contributed by atoms with Crippen molar-refractivity contribution in [1.29, 1.82) is 0 Å². The largest absolute Gasteiger partial charge is 0.459 e. The van der Waals surface area contributed by atoms with Gasteiger partial charge in [0, 0.05) is 37.5 Å². The van der Waals surface area contributed by atoms with Crippen LogP contribution in [0.25, 0.3) is 11.4 Å². The third-order valence-electron chi connectivity index (χ3n) is 6.48. The van der Waals surface area contributed by atoms with E-state index in [1.54, 1.807) is 29.2 Å². The van der Waals surface area contributed by atoms with Crippen molar-refractivity contribution in [2.75, 3.05) is 18.4 Å². The van der Waals surface area contributed by atoms with Crippen molar-refractivity contribution in [1.82, 2.24) is 19.7 Å². The van der Waals surface area contributed by atoms with Gasteiger partial charge in [-0.15, -0.1) is 10.2 Å². The number of benzene rings is 1. The number of hydrogen-bond donors (Lipinski definition) is 1. The Bertz CT molecular complexity index is 1150. The van der Waals surface area contributed by atoms with Gasteiger partial charge in [0.2, 0.25) is 5.91 Å². The van der Waals surface area contributed by atoms with E-state index in [2.05, 4.69) is 20.1 Å². The van der Waals surface area contributed by atoms with Gasteiger partial charge in [0.05, 0.1) is 12.0 Å². The molecular weight excluding hydrogens is 425 g/mol. The molecule has 4 heterocycles. The molecule has 2 amide bonds. The van der Waals surface area contributed by atoms with Gasteiger partial charge in [-0.25, -0.2) is 4.39 Å². The van der Waals surface area contributed by atoms with Crippen molar-refractivity contribution in [2.24, 2.45) is 5.92 Å². The SMILES string of the molecule is O=C(Nc1cc(-c2nnc3n2CCCCC3)ccc1F)C1CCN(C(=O)c2ccco2)CC1. The molecule has 8 nitrogen and oxygen atoms in total. The number of likely N-dealkylation sites (tertiary alicyclic amines) is 1. The zero-order valence-corrected chi connectivity index (χ0v) is 18.3. The summed E-state index contributed by atoms with van der Waals surface area (Å²) >= 11 is 0. The Labute approximate surface area is 190 Å². The van der Waals surface area contributed by atoms with E-state index in [0.717, 1.165) is 43.6 Å². The molecule has 0 spiro atoms. The van der Waals surface area contributed by atoms with Crippen LogP contribution >= 0.6 is 0 Å². The number of furan rings is 1. The van der Waals surface area contributed by atoms with E-state index in [-0.39, 0.29) is 23.4 Å². The number of aromatic nitrogens is 3. The Morgan fingerprint density at radius 3 is 2.70 bits per heavy atom. The number of carbonyl (C=O) groups is 2. The number of fused-ring (bicyclic) bond motifs is 1. The molecule has 2 aliphatic rings. The number of hydrogen-bond acceptors (Lipinski definition) is 5. The lowest BCUT2D eigenvalue weighted by Crippen LogP contribution is -2.41. The minimum atomic E-state index is -0.492. The van der Waals surface area contributed by atoms with Crippen LogP contribution < -0.4 is 5.32 Å². The van der Waals surface area contributed by atoms with Crippen molar-refractivity contribution < 1.29 is 18.4 Å². The van der Waals surface area contributed by atoms with E-state index in [1.807, 2.05) is 0 Å². The molecule has 1 saturated heterocycles. The molecule has 0 unspecified atom stereocenters. The smallest absolute Gasteiger partial charge is 0.289 e. The summed E-state index contributed by atoms with van der Waals surface area (Å²) in [5, 5.41) is 11.4. The number of nitrogens with zero attached hydrogens (tertiary/aromatic N) is 4. The summed E-state index contributed by atoms with van der Waals surface area (Å²) in [7, 11) is 0. The second kappa shape index (κ2) is 9.17. The van der Waals surface area contributed by atoms with Crippen molar-refractivity contribution in [3.05, 3.63) is 54.0 Å². The molecule has 1 fully saturated rings. The minimum Gasteiger partial charge on any atom is -0.459 e.